The Labute approximate surface area is 89.6 Å². The van der Waals surface area contributed by atoms with Crippen LogP contribution in [0.4, 0.5) is 4.39 Å². The molecule has 0 saturated heterocycles. The molecule has 0 heterocycles. The first-order valence-electron chi connectivity index (χ1n) is 4.99. The molecule has 84 valence electrons. The lowest BCUT2D eigenvalue weighted by Crippen LogP contribution is -2.29. The van der Waals surface area contributed by atoms with Gasteiger partial charge in [0.15, 0.2) is 0 Å². The van der Waals surface area contributed by atoms with Crippen LogP contribution in [0.5, 0.6) is 5.75 Å². The molecule has 0 aliphatic rings. The molecule has 0 radical (unpaired) electrons. The average Bonchev–Trinajstić information content (AvgIpc) is 2.18. The largest absolute Gasteiger partial charge is 0.492 e. The third-order valence-electron chi connectivity index (χ3n) is 2.05. The Balaban J connectivity index is 2.25. The second-order valence-electron chi connectivity index (χ2n) is 3.40. The molecule has 0 spiro atoms. The van der Waals surface area contributed by atoms with Crippen LogP contribution < -0.4 is 10.5 Å². The maximum Gasteiger partial charge on any atom is 0.126 e. The predicted molar refractivity (Wildman–Crippen MR) is 58.4 cm³/mol. The van der Waals surface area contributed by atoms with Gasteiger partial charge in [0, 0.05) is 25.7 Å². The van der Waals surface area contributed by atoms with E-state index >= 15 is 0 Å². The number of hydrogen-bond acceptors (Lipinski definition) is 3. The van der Waals surface area contributed by atoms with E-state index in [-0.39, 0.29) is 5.82 Å². The van der Waals surface area contributed by atoms with Gasteiger partial charge >= 0.3 is 0 Å². The van der Waals surface area contributed by atoms with Gasteiger partial charge in [-0.2, -0.15) is 0 Å². The third kappa shape index (κ3) is 4.76. The molecule has 2 N–H and O–H groups in total. The fourth-order valence-corrected chi connectivity index (χ4v) is 1.21. The summed E-state index contributed by atoms with van der Waals surface area (Å²) in [5, 5.41) is 0. The molecule has 1 aromatic carbocycles. The first-order chi connectivity index (χ1) is 7.22. The first-order valence-corrected chi connectivity index (χ1v) is 4.99. The minimum Gasteiger partial charge on any atom is -0.492 e. The third-order valence-corrected chi connectivity index (χ3v) is 2.05. The zero-order valence-electron chi connectivity index (χ0n) is 8.95. The van der Waals surface area contributed by atoms with E-state index < -0.39 is 0 Å². The number of nitrogens with two attached hydrogens (primary N) is 1. The molecule has 4 heteroatoms. The number of benzene rings is 1. The molecule has 1 rings (SSSR count). The first kappa shape index (κ1) is 11.9. The average molecular weight is 212 g/mol. The molecule has 0 amide bonds. The lowest BCUT2D eigenvalue weighted by atomic mass is 10.3. The van der Waals surface area contributed by atoms with Crippen LogP contribution in [0.2, 0.25) is 0 Å². The number of nitrogens with zero attached hydrogens (tertiary/aromatic N) is 1. The second-order valence-corrected chi connectivity index (χ2v) is 3.40. The van der Waals surface area contributed by atoms with Crippen LogP contribution >= 0.6 is 0 Å². The van der Waals surface area contributed by atoms with Gasteiger partial charge in [0.25, 0.3) is 0 Å². The maximum atomic E-state index is 12.8. The van der Waals surface area contributed by atoms with E-state index in [2.05, 4.69) is 4.90 Å². The van der Waals surface area contributed by atoms with Crippen LogP contribution in [0.3, 0.4) is 0 Å². The number of rotatable bonds is 6. The summed E-state index contributed by atoms with van der Waals surface area (Å²) in [4.78, 5) is 2.07. The monoisotopic (exact) mass is 212 g/mol. The van der Waals surface area contributed by atoms with Crippen molar-refractivity contribution in [1.29, 1.82) is 0 Å². The molecular formula is C11H17FN2O. The van der Waals surface area contributed by atoms with Gasteiger partial charge < -0.3 is 15.4 Å². The number of hydrogen-bond donors (Lipinski definition) is 1. The molecule has 0 atom stereocenters. The summed E-state index contributed by atoms with van der Waals surface area (Å²) >= 11 is 0. The van der Waals surface area contributed by atoms with E-state index in [1.807, 2.05) is 7.05 Å². The lowest BCUT2D eigenvalue weighted by Gasteiger charge is -2.15. The zero-order valence-corrected chi connectivity index (χ0v) is 8.95. The van der Waals surface area contributed by atoms with Gasteiger partial charge in [0.1, 0.15) is 18.2 Å². The van der Waals surface area contributed by atoms with Crippen LogP contribution in [-0.4, -0.2) is 38.2 Å². The fraction of sp³-hybridized carbons (Fsp3) is 0.455. The standard InChI is InChI=1S/C11H17FN2O/c1-14(6-5-13)7-8-15-11-4-2-3-10(12)9-11/h2-4,9H,5-8,13H2,1H3. The Morgan fingerprint density at radius 3 is 2.87 bits per heavy atom. The van der Waals surface area contributed by atoms with Crippen molar-refractivity contribution in [2.75, 3.05) is 33.3 Å². The molecule has 0 aromatic heterocycles. The number of ether oxygens (including phenoxy) is 1. The summed E-state index contributed by atoms with van der Waals surface area (Å²) in [6.45, 7) is 2.80. The summed E-state index contributed by atoms with van der Waals surface area (Å²) < 4.78 is 18.1. The molecule has 0 fully saturated rings. The van der Waals surface area contributed by atoms with Crippen molar-refractivity contribution in [2.24, 2.45) is 5.73 Å². The van der Waals surface area contributed by atoms with E-state index in [9.17, 15) is 4.39 Å². The quantitative estimate of drug-likeness (QED) is 0.767. The van der Waals surface area contributed by atoms with Crippen LogP contribution in [0.15, 0.2) is 24.3 Å². The van der Waals surface area contributed by atoms with Crippen LogP contribution in [0, 0.1) is 5.82 Å². The zero-order chi connectivity index (χ0) is 11.1. The summed E-state index contributed by atoms with van der Waals surface area (Å²) in [5.41, 5.74) is 5.40. The predicted octanol–water partition coefficient (Wildman–Crippen LogP) is 1.09. The molecule has 0 unspecified atom stereocenters. The number of likely N-dealkylation sites (N-methyl/N-ethyl adjacent to an activating group) is 1. The highest BCUT2D eigenvalue weighted by atomic mass is 19.1. The molecule has 0 aliphatic carbocycles. The highest BCUT2D eigenvalue weighted by Crippen LogP contribution is 2.11. The molecule has 1 aromatic rings. The van der Waals surface area contributed by atoms with Gasteiger partial charge in [0.2, 0.25) is 0 Å². The summed E-state index contributed by atoms with van der Waals surface area (Å²) in [5.74, 6) is 0.291. The van der Waals surface area contributed by atoms with E-state index in [1.54, 1.807) is 12.1 Å². The van der Waals surface area contributed by atoms with Crippen molar-refractivity contribution in [3.05, 3.63) is 30.1 Å². The Bertz CT molecular complexity index is 294. The Morgan fingerprint density at radius 1 is 1.40 bits per heavy atom. The minimum absolute atomic E-state index is 0.275. The fourth-order valence-electron chi connectivity index (χ4n) is 1.21. The van der Waals surface area contributed by atoms with E-state index in [0.29, 0.717) is 18.9 Å². The summed E-state index contributed by atoms with van der Waals surface area (Å²) in [7, 11) is 1.97. The highest BCUT2D eigenvalue weighted by Gasteiger charge is 1.98. The molecule has 0 aliphatic heterocycles. The van der Waals surface area contributed by atoms with Crippen molar-refractivity contribution in [3.63, 3.8) is 0 Å². The normalized spacial score (nSPS) is 10.7. The summed E-state index contributed by atoms with van der Waals surface area (Å²) in [6.07, 6.45) is 0. The maximum absolute atomic E-state index is 12.8. The van der Waals surface area contributed by atoms with E-state index in [1.165, 1.54) is 12.1 Å². The van der Waals surface area contributed by atoms with Gasteiger partial charge in [-0.25, -0.2) is 4.39 Å². The van der Waals surface area contributed by atoms with Crippen molar-refractivity contribution in [1.82, 2.24) is 4.90 Å². The summed E-state index contributed by atoms with van der Waals surface area (Å²) in [6, 6.07) is 6.15. The molecule has 0 saturated carbocycles. The SMILES string of the molecule is CN(CCN)CCOc1cccc(F)c1. The van der Waals surface area contributed by atoms with Gasteiger partial charge in [-0.05, 0) is 19.2 Å². The Kier molecular flexibility index (Phi) is 5.07. The molecule has 3 nitrogen and oxygen atoms in total. The molecular weight excluding hydrogens is 195 g/mol. The molecule has 0 bridgehead atoms. The second kappa shape index (κ2) is 6.37. The number of halogens is 1. The topological polar surface area (TPSA) is 38.5 Å². The van der Waals surface area contributed by atoms with Crippen molar-refractivity contribution < 1.29 is 9.13 Å². The molecule has 15 heavy (non-hydrogen) atoms. The van der Waals surface area contributed by atoms with Crippen LogP contribution in [0.25, 0.3) is 0 Å². The highest BCUT2D eigenvalue weighted by molar-refractivity contribution is 5.22. The van der Waals surface area contributed by atoms with Crippen LogP contribution in [-0.2, 0) is 0 Å². The minimum atomic E-state index is -0.275. The van der Waals surface area contributed by atoms with Gasteiger partial charge in [0.05, 0.1) is 0 Å². The Hall–Kier alpha value is -1.13. The van der Waals surface area contributed by atoms with Crippen molar-refractivity contribution in [2.45, 2.75) is 0 Å². The van der Waals surface area contributed by atoms with E-state index in [0.717, 1.165) is 13.1 Å². The van der Waals surface area contributed by atoms with Crippen LogP contribution in [0.1, 0.15) is 0 Å². The van der Waals surface area contributed by atoms with Gasteiger partial charge in [-0.15, -0.1) is 0 Å². The van der Waals surface area contributed by atoms with Crippen molar-refractivity contribution in [3.8, 4) is 5.75 Å². The van der Waals surface area contributed by atoms with Crippen molar-refractivity contribution >= 4 is 0 Å². The van der Waals surface area contributed by atoms with E-state index in [4.69, 9.17) is 10.5 Å². The van der Waals surface area contributed by atoms with Gasteiger partial charge in [-0.3, -0.25) is 0 Å². The van der Waals surface area contributed by atoms with Gasteiger partial charge in [-0.1, -0.05) is 6.07 Å². The smallest absolute Gasteiger partial charge is 0.126 e. The lowest BCUT2D eigenvalue weighted by molar-refractivity contribution is 0.240. The Morgan fingerprint density at radius 2 is 2.20 bits per heavy atom.